The van der Waals surface area contributed by atoms with Crippen molar-refractivity contribution in [1.82, 2.24) is 9.62 Å². The maximum Gasteiger partial charge on any atom is 0.251 e. The highest BCUT2D eigenvalue weighted by Crippen LogP contribution is 2.33. The van der Waals surface area contributed by atoms with Crippen LogP contribution in [0.25, 0.3) is 0 Å². The summed E-state index contributed by atoms with van der Waals surface area (Å²) in [5.74, 6) is -0.670. The summed E-state index contributed by atoms with van der Waals surface area (Å²) in [6, 6.07) is 8.81. The summed E-state index contributed by atoms with van der Waals surface area (Å²) in [5, 5.41) is 2.98. The highest BCUT2D eigenvalue weighted by atomic mass is 35.5. The molecule has 1 fully saturated rings. The van der Waals surface area contributed by atoms with Crippen molar-refractivity contribution < 1.29 is 17.6 Å². The molecule has 1 aliphatic heterocycles. The van der Waals surface area contributed by atoms with Crippen molar-refractivity contribution in [2.45, 2.75) is 36.6 Å². The summed E-state index contributed by atoms with van der Waals surface area (Å²) < 4.78 is 41.0. The van der Waals surface area contributed by atoms with Gasteiger partial charge in [-0.3, -0.25) is 4.79 Å². The van der Waals surface area contributed by atoms with Gasteiger partial charge in [-0.25, -0.2) is 12.8 Å². The molecule has 1 unspecified atom stereocenters. The molecule has 2 aliphatic rings. The lowest BCUT2D eigenvalue weighted by Gasteiger charge is -2.18. The third kappa shape index (κ3) is 3.43. The summed E-state index contributed by atoms with van der Waals surface area (Å²) in [6.45, 7) is 0.916. The zero-order valence-electron chi connectivity index (χ0n) is 15.1. The Balaban J connectivity index is 1.59. The molecule has 5 nitrogen and oxygen atoms in total. The van der Waals surface area contributed by atoms with Gasteiger partial charge in [0.25, 0.3) is 5.91 Å². The Hall–Kier alpha value is -1.96. The van der Waals surface area contributed by atoms with Crippen molar-refractivity contribution in [2.24, 2.45) is 0 Å². The van der Waals surface area contributed by atoms with Gasteiger partial charge in [0.1, 0.15) is 10.7 Å². The Bertz CT molecular complexity index is 1040. The molecule has 1 saturated heterocycles. The topological polar surface area (TPSA) is 66.5 Å². The molecule has 1 aliphatic carbocycles. The van der Waals surface area contributed by atoms with E-state index in [1.807, 2.05) is 6.07 Å². The number of hydrogen-bond donors (Lipinski definition) is 1. The number of benzene rings is 2. The molecule has 0 saturated carbocycles. The Kier molecular flexibility index (Phi) is 5.16. The fraction of sp³-hybridized carbons (Fsp3) is 0.350. The maximum absolute atomic E-state index is 13.9. The van der Waals surface area contributed by atoms with E-state index in [0.717, 1.165) is 18.4 Å². The minimum Gasteiger partial charge on any atom is -0.345 e. The van der Waals surface area contributed by atoms with Crippen molar-refractivity contribution in [1.29, 1.82) is 0 Å². The second kappa shape index (κ2) is 7.46. The quantitative estimate of drug-likeness (QED) is 0.817. The van der Waals surface area contributed by atoms with Gasteiger partial charge in [0, 0.05) is 18.7 Å². The van der Waals surface area contributed by atoms with Crippen LogP contribution in [0.5, 0.6) is 0 Å². The number of hydrogen-bond acceptors (Lipinski definition) is 3. The third-order valence-electron chi connectivity index (χ3n) is 5.40. The minimum atomic E-state index is -3.74. The lowest BCUT2D eigenvalue weighted by atomic mass is 10.1. The molecule has 8 heteroatoms. The van der Waals surface area contributed by atoms with E-state index in [2.05, 4.69) is 5.32 Å². The standard InChI is InChI=1S/C20H20ClFN2O3S/c21-16-8-6-13(12-19(16)28(26,27)24-10-1-2-11-24)20(25)23-18-9-7-14-15(18)4-3-5-17(14)22/h3-6,8,12,18H,1-2,7,9-11H2,(H,23,25). The molecule has 1 atom stereocenters. The van der Waals surface area contributed by atoms with Crippen molar-refractivity contribution in [2.75, 3.05) is 13.1 Å². The number of rotatable bonds is 4. The van der Waals surface area contributed by atoms with Crippen LogP contribution >= 0.6 is 11.6 Å². The summed E-state index contributed by atoms with van der Waals surface area (Å²) >= 11 is 6.14. The first-order valence-corrected chi connectivity index (χ1v) is 11.1. The van der Waals surface area contributed by atoms with Crippen LogP contribution in [0.2, 0.25) is 5.02 Å². The monoisotopic (exact) mass is 422 g/mol. The fourth-order valence-corrected chi connectivity index (χ4v) is 5.93. The van der Waals surface area contributed by atoms with E-state index >= 15 is 0 Å². The fourth-order valence-electron chi connectivity index (χ4n) is 3.91. The largest absolute Gasteiger partial charge is 0.345 e. The number of amides is 1. The Morgan fingerprint density at radius 2 is 1.93 bits per heavy atom. The van der Waals surface area contributed by atoms with Gasteiger partial charge in [0.15, 0.2) is 0 Å². The number of nitrogens with zero attached hydrogens (tertiary/aromatic N) is 1. The van der Waals surface area contributed by atoms with Crippen LogP contribution in [0.15, 0.2) is 41.3 Å². The molecule has 28 heavy (non-hydrogen) atoms. The minimum absolute atomic E-state index is 0.0541. The van der Waals surface area contributed by atoms with Gasteiger partial charge in [-0.05, 0) is 61.1 Å². The first kappa shape index (κ1) is 19.4. The molecule has 2 aromatic rings. The molecule has 0 aromatic heterocycles. The first-order chi connectivity index (χ1) is 13.4. The van der Waals surface area contributed by atoms with E-state index in [4.69, 9.17) is 11.6 Å². The zero-order valence-corrected chi connectivity index (χ0v) is 16.7. The first-order valence-electron chi connectivity index (χ1n) is 9.26. The van der Waals surface area contributed by atoms with Crippen LogP contribution in [0, 0.1) is 5.82 Å². The van der Waals surface area contributed by atoms with Gasteiger partial charge in [-0.15, -0.1) is 0 Å². The predicted molar refractivity (Wildman–Crippen MR) is 104 cm³/mol. The SMILES string of the molecule is O=C(NC1CCc2c(F)cccc21)c1ccc(Cl)c(S(=O)(=O)N2CCCC2)c1. The Labute approximate surface area is 168 Å². The van der Waals surface area contributed by atoms with Crippen molar-refractivity contribution in [3.05, 3.63) is 63.9 Å². The van der Waals surface area contributed by atoms with E-state index in [-0.39, 0.29) is 27.3 Å². The maximum atomic E-state index is 13.9. The highest BCUT2D eigenvalue weighted by molar-refractivity contribution is 7.89. The van der Waals surface area contributed by atoms with Crippen LogP contribution in [0.1, 0.15) is 46.8 Å². The van der Waals surface area contributed by atoms with Crippen LogP contribution in [-0.2, 0) is 16.4 Å². The van der Waals surface area contributed by atoms with Crippen molar-refractivity contribution >= 4 is 27.5 Å². The van der Waals surface area contributed by atoms with Crippen LogP contribution in [-0.4, -0.2) is 31.7 Å². The van der Waals surface area contributed by atoms with Gasteiger partial charge in [-0.1, -0.05) is 23.7 Å². The molecule has 148 valence electrons. The summed E-state index contributed by atoms with van der Waals surface area (Å²) in [7, 11) is -3.74. The average molecular weight is 423 g/mol. The second-order valence-electron chi connectivity index (χ2n) is 7.13. The number of carbonyl (C=O) groups excluding carboxylic acids is 1. The van der Waals surface area contributed by atoms with E-state index in [0.29, 0.717) is 31.5 Å². The number of halogens is 2. The van der Waals surface area contributed by atoms with Gasteiger partial charge in [-0.2, -0.15) is 4.31 Å². The van der Waals surface area contributed by atoms with Crippen molar-refractivity contribution in [3.8, 4) is 0 Å². The van der Waals surface area contributed by atoms with E-state index in [1.54, 1.807) is 6.07 Å². The second-order valence-corrected chi connectivity index (χ2v) is 9.44. The molecular weight excluding hydrogens is 403 g/mol. The summed E-state index contributed by atoms with van der Waals surface area (Å²) in [5.41, 5.74) is 1.61. The summed E-state index contributed by atoms with van der Waals surface area (Å²) in [6.07, 6.45) is 2.79. The predicted octanol–water partition coefficient (Wildman–Crippen LogP) is 3.68. The average Bonchev–Trinajstić information content (AvgIpc) is 3.33. The lowest BCUT2D eigenvalue weighted by Crippen LogP contribution is -2.29. The van der Waals surface area contributed by atoms with Crippen molar-refractivity contribution in [3.63, 3.8) is 0 Å². The van der Waals surface area contributed by atoms with E-state index < -0.39 is 15.9 Å². The lowest BCUT2D eigenvalue weighted by molar-refractivity contribution is 0.0936. The summed E-state index contributed by atoms with van der Waals surface area (Å²) in [4.78, 5) is 12.7. The zero-order chi connectivity index (χ0) is 19.9. The number of fused-ring (bicyclic) bond motifs is 1. The molecule has 0 bridgehead atoms. The number of nitrogens with one attached hydrogen (secondary N) is 1. The number of sulfonamides is 1. The van der Waals surface area contributed by atoms with Gasteiger partial charge >= 0.3 is 0 Å². The molecular formula is C20H20ClFN2O3S. The normalized spacial score (nSPS) is 19.6. The molecule has 0 radical (unpaired) electrons. The van der Waals surface area contributed by atoms with E-state index in [9.17, 15) is 17.6 Å². The smallest absolute Gasteiger partial charge is 0.251 e. The van der Waals surface area contributed by atoms with Gasteiger partial charge < -0.3 is 5.32 Å². The molecule has 1 heterocycles. The molecule has 2 aromatic carbocycles. The van der Waals surface area contributed by atoms with Gasteiger partial charge in [0.05, 0.1) is 11.1 Å². The van der Waals surface area contributed by atoms with Crippen LogP contribution in [0.3, 0.4) is 0 Å². The molecule has 1 amide bonds. The van der Waals surface area contributed by atoms with E-state index in [1.165, 1.54) is 28.6 Å². The Morgan fingerprint density at radius 1 is 1.18 bits per heavy atom. The molecule has 0 spiro atoms. The Morgan fingerprint density at radius 3 is 2.68 bits per heavy atom. The highest BCUT2D eigenvalue weighted by Gasteiger charge is 2.31. The number of carbonyl (C=O) groups is 1. The van der Waals surface area contributed by atoms with Gasteiger partial charge in [0.2, 0.25) is 10.0 Å². The van der Waals surface area contributed by atoms with Crippen LogP contribution < -0.4 is 5.32 Å². The molecule has 1 N–H and O–H groups in total. The molecule has 4 rings (SSSR count). The third-order valence-corrected chi connectivity index (χ3v) is 7.78. The van der Waals surface area contributed by atoms with Crippen LogP contribution in [0.4, 0.5) is 4.39 Å².